The number of benzene rings is 3. The molecule has 0 atom stereocenters. The molecule has 0 amide bonds. The zero-order valence-electron chi connectivity index (χ0n) is 23.8. The van der Waals surface area contributed by atoms with Gasteiger partial charge in [0, 0.05) is 12.6 Å². The van der Waals surface area contributed by atoms with Crippen molar-refractivity contribution in [2.75, 3.05) is 19.9 Å². The highest BCUT2D eigenvalue weighted by Gasteiger charge is 2.31. The minimum absolute atomic E-state index is 0.0617. The maximum absolute atomic E-state index is 12.2. The molecule has 6 nitrogen and oxygen atoms in total. The van der Waals surface area contributed by atoms with E-state index in [0.29, 0.717) is 18.4 Å². The third kappa shape index (κ3) is 6.76. The topological polar surface area (TPSA) is 66.0 Å². The molecule has 3 aromatic carbocycles. The van der Waals surface area contributed by atoms with E-state index < -0.39 is 0 Å². The first-order valence-corrected chi connectivity index (χ1v) is 15.1. The van der Waals surface area contributed by atoms with Crippen LogP contribution >= 0.6 is 0 Å². The van der Waals surface area contributed by atoms with E-state index in [9.17, 15) is 4.79 Å². The predicted molar refractivity (Wildman–Crippen MR) is 160 cm³/mol. The van der Waals surface area contributed by atoms with Crippen molar-refractivity contribution in [3.05, 3.63) is 83.4 Å². The molecule has 0 saturated heterocycles. The Hall–Kier alpha value is -3.77. The van der Waals surface area contributed by atoms with Gasteiger partial charge >= 0.3 is 5.97 Å². The van der Waals surface area contributed by atoms with Gasteiger partial charge in [-0.25, -0.2) is 0 Å². The first kappa shape index (κ1) is 27.4. The highest BCUT2D eigenvalue weighted by Crippen LogP contribution is 2.40. The molecule has 6 rings (SSSR count). The second-order valence-electron chi connectivity index (χ2n) is 11.2. The predicted octanol–water partition coefficient (Wildman–Crippen LogP) is 7.40. The van der Waals surface area contributed by atoms with Crippen LogP contribution in [0.15, 0.2) is 66.7 Å². The maximum Gasteiger partial charge on any atom is 0.314 e. The van der Waals surface area contributed by atoms with Crippen LogP contribution in [0.2, 0.25) is 0 Å². The summed E-state index contributed by atoms with van der Waals surface area (Å²) < 4.78 is 22.9. The second-order valence-corrected chi connectivity index (χ2v) is 11.2. The van der Waals surface area contributed by atoms with Gasteiger partial charge in [0.25, 0.3) is 0 Å². The van der Waals surface area contributed by atoms with E-state index in [1.807, 2.05) is 30.3 Å². The van der Waals surface area contributed by atoms with Gasteiger partial charge in [-0.2, -0.15) is 0 Å². The van der Waals surface area contributed by atoms with E-state index in [0.717, 1.165) is 65.3 Å². The van der Waals surface area contributed by atoms with Crippen molar-refractivity contribution in [3.63, 3.8) is 0 Å². The Morgan fingerprint density at radius 3 is 2.15 bits per heavy atom. The number of allylic oxidation sites excluding steroid dienone is 1. The minimum Gasteiger partial charge on any atom is -0.492 e. The third-order valence-electron chi connectivity index (χ3n) is 8.20. The number of hydrogen-bond donors (Lipinski definition) is 1. The lowest BCUT2D eigenvalue weighted by Crippen LogP contribution is -2.34. The van der Waals surface area contributed by atoms with Crippen LogP contribution in [0.5, 0.6) is 23.0 Å². The van der Waals surface area contributed by atoms with Crippen LogP contribution in [-0.4, -0.2) is 32.0 Å². The monoisotopic (exact) mass is 553 g/mol. The lowest BCUT2D eigenvalue weighted by molar-refractivity contribution is -0.135. The molecule has 0 bridgehead atoms. The van der Waals surface area contributed by atoms with Crippen molar-refractivity contribution in [2.24, 2.45) is 5.92 Å². The SMILES string of the molecule is CCC(=C(c1ccc(OCCNC2CCCCC2)cc1)c1ccc(OC(=O)C2CC2)cc1)c1ccc2c(c1)OCO2. The first-order chi connectivity index (χ1) is 20.2. The number of carbonyl (C=O) groups is 1. The normalized spacial score (nSPS) is 17.2. The summed E-state index contributed by atoms with van der Waals surface area (Å²) in [6, 6.07) is 23.0. The molecule has 3 aromatic rings. The van der Waals surface area contributed by atoms with Gasteiger partial charge in [0.2, 0.25) is 6.79 Å². The molecule has 0 unspecified atom stereocenters. The van der Waals surface area contributed by atoms with E-state index in [4.69, 9.17) is 18.9 Å². The number of nitrogens with one attached hydrogen (secondary N) is 1. The number of carbonyl (C=O) groups excluding carboxylic acids is 1. The second kappa shape index (κ2) is 12.8. The Morgan fingerprint density at radius 1 is 0.805 bits per heavy atom. The van der Waals surface area contributed by atoms with Crippen molar-refractivity contribution in [2.45, 2.75) is 64.3 Å². The largest absolute Gasteiger partial charge is 0.492 e. The van der Waals surface area contributed by atoms with Crippen molar-refractivity contribution >= 4 is 17.1 Å². The Kier molecular flexibility index (Phi) is 8.57. The first-order valence-electron chi connectivity index (χ1n) is 15.1. The smallest absolute Gasteiger partial charge is 0.314 e. The zero-order valence-corrected chi connectivity index (χ0v) is 23.8. The van der Waals surface area contributed by atoms with Crippen LogP contribution in [0.25, 0.3) is 11.1 Å². The van der Waals surface area contributed by atoms with Gasteiger partial charge in [-0.1, -0.05) is 56.5 Å². The molecule has 41 heavy (non-hydrogen) atoms. The summed E-state index contributed by atoms with van der Waals surface area (Å²) in [4.78, 5) is 12.2. The molecular formula is C35H39NO5. The van der Waals surface area contributed by atoms with Crippen LogP contribution in [0.3, 0.4) is 0 Å². The van der Waals surface area contributed by atoms with Gasteiger partial charge in [0.05, 0.1) is 5.92 Å². The molecule has 2 fully saturated rings. The van der Waals surface area contributed by atoms with Gasteiger partial charge in [0.15, 0.2) is 11.5 Å². The Balaban J connectivity index is 1.24. The fourth-order valence-electron chi connectivity index (χ4n) is 5.79. The van der Waals surface area contributed by atoms with Crippen molar-refractivity contribution in [1.29, 1.82) is 0 Å². The zero-order chi connectivity index (χ0) is 28.0. The van der Waals surface area contributed by atoms with Gasteiger partial charge in [-0.05, 0) is 96.3 Å². The molecular weight excluding hydrogens is 514 g/mol. The van der Waals surface area contributed by atoms with E-state index in [1.54, 1.807) is 0 Å². The van der Waals surface area contributed by atoms with E-state index in [-0.39, 0.29) is 18.7 Å². The molecule has 2 aliphatic carbocycles. The fraction of sp³-hybridized carbons (Fsp3) is 0.400. The molecule has 0 spiro atoms. The molecule has 1 N–H and O–H groups in total. The summed E-state index contributed by atoms with van der Waals surface area (Å²) in [7, 11) is 0. The van der Waals surface area contributed by atoms with Crippen LogP contribution in [-0.2, 0) is 4.79 Å². The van der Waals surface area contributed by atoms with E-state index >= 15 is 0 Å². The van der Waals surface area contributed by atoms with E-state index in [2.05, 4.69) is 48.6 Å². The average molecular weight is 554 g/mol. The quantitative estimate of drug-likeness (QED) is 0.116. The van der Waals surface area contributed by atoms with Gasteiger partial charge in [-0.3, -0.25) is 4.79 Å². The summed E-state index contributed by atoms with van der Waals surface area (Å²) in [6.07, 6.45) is 9.24. The lowest BCUT2D eigenvalue weighted by atomic mass is 9.88. The Morgan fingerprint density at radius 2 is 1.46 bits per heavy atom. The van der Waals surface area contributed by atoms with Crippen molar-refractivity contribution in [1.82, 2.24) is 5.32 Å². The highest BCUT2D eigenvalue weighted by atomic mass is 16.7. The summed E-state index contributed by atoms with van der Waals surface area (Å²) in [5.41, 5.74) is 5.55. The number of fused-ring (bicyclic) bond motifs is 1. The van der Waals surface area contributed by atoms with E-state index in [1.165, 1.54) is 37.7 Å². The van der Waals surface area contributed by atoms with Gasteiger partial charge in [-0.15, -0.1) is 0 Å². The minimum atomic E-state index is -0.132. The standard InChI is InChI=1S/C35H39NO5/c1-2-31(27-14-19-32-33(22-27)40-23-39-32)34(25-12-17-30(18-13-25)41-35(37)26-8-9-26)24-10-15-29(16-11-24)38-21-20-36-28-6-4-3-5-7-28/h10-19,22,26,28,36H,2-9,20-21,23H2,1H3. The Labute approximate surface area is 242 Å². The Bertz CT molecular complexity index is 1370. The molecule has 1 aliphatic heterocycles. The lowest BCUT2D eigenvalue weighted by Gasteiger charge is -2.22. The number of hydrogen-bond acceptors (Lipinski definition) is 6. The summed E-state index contributed by atoms with van der Waals surface area (Å²) in [5.74, 6) is 2.91. The number of ether oxygens (including phenoxy) is 4. The summed E-state index contributed by atoms with van der Waals surface area (Å²) in [6.45, 7) is 3.92. The maximum atomic E-state index is 12.2. The molecule has 1 heterocycles. The average Bonchev–Trinajstić information content (AvgIpc) is 3.77. The molecule has 0 aromatic heterocycles. The fourth-order valence-corrected chi connectivity index (χ4v) is 5.79. The van der Waals surface area contributed by atoms with Crippen molar-refractivity contribution < 1.29 is 23.7 Å². The molecule has 3 aliphatic rings. The van der Waals surface area contributed by atoms with Crippen LogP contribution in [0.1, 0.15) is 75.0 Å². The summed E-state index contributed by atoms with van der Waals surface area (Å²) in [5, 5.41) is 3.64. The highest BCUT2D eigenvalue weighted by molar-refractivity contribution is 5.99. The number of rotatable bonds is 11. The van der Waals surface area contributed by atoms with Crippen LogP contribution in [0, 0.1) is 5.92 Å². The van der Waals surface area contributed by atoms with Crippen LogP contribution < -0.4 is 24.3 Å². The van der Waals surface area contributed by atoms with Gasteiger partial charge < -0.3 is 24.3 Å². The third-order valence-corrected chi connectivity index (χ3v) is 8.20. The molecule has 0 radical (unpaired) electrons. The van der Waals surface area contributed by atoms with Crippen molar-refractivity contribution in [3.8, 4) is 23.0 Å². The summed E-state index contributed by atoms with van der Waals surface area (Å²) >= 11 is 0. The van der Waals surface area contributed by atoms with Crippen LogP contribution in [0.4, 0.5) is 0 Å². The van der Waals surface area contributed by atoms with Gasteiger partial charge in [0.1, 0.15) is 18.1 Å². The molecule has 2 saturated carbocycles. The number of esters is 1. The molecule has 214 valence electrons. The molecule has 6 heteroatoms.